The molecule has 0 bridgehead atoms. The van der Waals surface area contributed by atoms with E-state index < -0.39 is 0 Å². The van der Waals surface area contributed by atoms with Crippen molar-refractivity contribution < 1.29 is 4.74 Å². The number of rotatable bonds is 3. The zero-order chi connectivity index (χ0) is 12.7. The van der Waals surface area contributed by atoms with E-state index in [1.165, 1.54) is 0 Å². The summed E-state index contributed by atoms with van der Waals surface area (Å²) in [5.41, 5.74) is 1.78. The van der Waals surface area contributed by atoms with Gasteiger partial charge in [0.2, 0.25) is 0 Å². The fraction of sp³-hybridized carbons (Fsp3) is 0.308. The van der Waals surface area contributed by atoms with Gasteiger partial charge in [-0.1, -0.05) is 0 Å². The van der Waals surface area contributed by atoms with E-state index >= 15 is 0 Å². The second kappa shape index (κ2) is 4.31. The number of nitrogens with zero attached hydrogens (tertiary/aromatic N) is 1. The van der Waals surface area contributed by atoms with E-state index in [2.05, 4.69) is 21.0 Å². The van der Waals surface area contributed by atoms with Crippen LogP contribution in [0.4, 0.5) is 0 Å². The highest BCUT2D eigenvalue weighted by Crippen LogP contribution is 2.41. The number of nitrogens with one attached hydrogen (secondary N) is 1. The van der Waals surface area contributed by atoms with Gasteiger partial charge in [-0.05, 0) is 53.0 Å². The molecule has 0 radical (unpaired) electrons. The van der Waals surface area contributed by atoms with Crippen LogP contribution in [0.15, 0.2) is 33.5 Å². The van der Waals surface area contributed by atoms with Gasteiger partial charge in [0.1, 0.15) is 10.2 Å². The monoisotopic (exact) mass is 308 g/mol. The summed E-state index contributed by atoms with van der Waals surface area (Å²) in [6.07, 6.45) is 2.31. The molecule has 1 fully saturated rings. The molecule has 1 aromatic carbocycles. The standard InChI is InChI=1S/C13H13BrN2O2/c1-18-10-6-4-9(5-7-10)16-13(17)11(14)12(15-16)8-2-3-8/h4-8,15H,2-3H2,1H3. The largest absolute Gasteiger partial charge is 0.497 e. The molecule has 2 aromatic rings. The first-order valence-electron chi connectivity index (χ1n) is 5.85. The number of benzene rings is 1. The number of aromatic nitrogens is 2. The Labute approximate surface area is 113 Å². The smallest absolute Gasteiger partial charge is 0.285 e. The van der Waals surface area contributed by atoms with Crippen molar-refractivity contribution in [3.8, 4) is 11.4 Å². The zero-order valence-electron chi connectivity index (χ0n) is 9.94. The van der Waals surface area contributed by atoms with Crippen molar-refractivity contribution in [2.24, 2.45) is 0 Å². The maximum absolute atomic E-state index is 12.1. The summed E-state index contributed by atoms with van der Waals surface area (Å²) in [7, 11) is 1.62. The van der Waals surface area contributed by atoms with Gasteiger partial charge in [0.25, 0.3) is 5.56 Å². The van der Waals surface area contributed by atoms with Gasteiger partial charge in [-0.2, -0.15) is 0 Å². The summed E-state index contributed by atoms with van der Waals surface area (Å²) in [6.45, 7) is 0. The van der Waals surface area contributed by atoms with E-state index in [1.54, 1.807) is 11.8 Å². The van der Waals surface area contributed by atoms with Gasteiger partial charge in [0.05, 0.1) is 18.5 Å². The van der Waals surface area contributed by atoms with Crippen LogP contribution in [0, 0.1) is 0 Å². The summed E-state index contributed by atoms with van der Waals surface area (Å²) in [6, 6.07) is 7.40. The molecule has 1 aromatic heterocycles. The molecule has 18 heavy (non-hydrogen) atoms. The molecule has 0 atom stereocenters. The van der Waals surface area contributed by atoms with Gasteiger partial charge < -0.3 is 4.74 Å². The van der Waals surface area contributed by atoms with Crippen LogP contribution >= 0.6 is 15.9 Å². The Hall–Kier alpha value is -1.49. The van der Waals surface area contributed by atoms with E-state index in [0.717, 1.165) is 30.0 Å². The minimum Gasteiger partial charge on any atom is -0.497 e. The Morgan fingerprint density at radius 3 is 2.56 bits per heavy atom. The lowest BCUT2D eigenvalue weighted by atomic mass is 10.3. The fourth-order valence-electron chi connectivity index (χ4n) is 1.99. The van der Waals surface area contributed by atoms with E-state index in [-0.39, 0.29) is 5.56 Å². The Kier molecular flexibility index (Phi) is 2.78. The molecule has 1 aliphatic carbocycles. The molecular formula is C13H13BrN2O2. The number of H-pyrrole nitrogens is 1. The molecule has 4 nitrogen and oxygen atoms in total. The number of hydrogen-bond acceptors (Lipinski definition) is 2. The number of halogens is 1. The van der Waals surface area contributed by atoms with Crippen molar-refractivity contribution in [3.63, 3.8) is 0 Å². The highest BCUT2D eigenvalue weighted by atomic mass is 79.9. The van der Waals surface area contributed by atoms with Crippen LogP contribution in [0.3, 0.4) is 0 Å². The van der Waals surface area contributed by atoms with Gasteiger partial charge in [0.15, 0.2) is 0 Å². The van der Waals surface area contributed by atoms with E-state index in [1.807, 2.05) is 24.3 Å². The molecule has 0 spiro atoms. The highest BCUT2D eigenvalue weighted by molar-refractivity contribution is 9.10. The second-order valence-electron chi connectivity index (χ2n) is 4.45. The Morgan fingerprint density at radius 2 is 2.00 bits per heavy atom. The third kappa shape index (κ3) is 1.88. The van der Waals surface area contributed by atoms with Gasteiger partial charge in [-0.3, -0.25) is 9.89 Å². The lowest BCUT2D eigenvalue weighted by Crippen LogP contribution is -2.14. The second-order valence-corrected chi connectivity index (χ2v) is 5.25. The third-order valence-electron chi connectivity index (χ3n) is 3.18. The summed E-state index contributed by atoms with van der Waals surface area (Å²) >= 11 is 3.38. The quantitative estimate of drug-likeness (QED) is 0.948. The van der Waals surface area contributed by atoms with Crippen molar-refractivity contribution in [2.75, 3.05) is 7.11 Å². The topological polar surface area (TPSA) is 47.0 Å². The van der Waals surface area contributed by atoms with Crippen LogP contribution < -0.4 is 10.3 Å². The van der Waals surface area contributed by atoms with Crippen LogP contribution in [0.25, 0.3) is 5.69 Å². The minimum absolute atomic E-state index is 0.0398. The number of methoxy groups -OCH3 is 1. The lowest BCUT2D eigenvalue weighted by Gasteiger charge is -2.03. The molecule has 1 heterocycles. The molecule has 1 aliphatic rings. The van der Waals surface area contributed by atoms with Gasteiger partial charge >= 0.3 is 0 Å². The number of hydrogen-bond donors (Lipinski definition) is 1. The van der Waals surface area contributed by atoms with Gasteiger partial charge in [0, 0.05) is 5.92 Å². The molecule has 0 saturated heterocycles. The van der Waals surface area contributed by atoms with E-state index in [9.17, 15) is 4.79 Å². The zero-order valence-corrected chi connectivity index (χ0v) is 11.5. The predicted octanol–water partition coefficient (Wildman–Crippen LogP) is 2.81. The average Bonchev–Trinajstić information content (AvgIpc) is 3.19. The maximum atomic E-state index is 12.1. The van der Waals surface area contributed by atoms with Crippen molar-refractivity contribution >= 4 is 15.9 Å². The SMILES string of the molecule is COc1ccc(-n2[nH]c(C3CC3)c(Br)c2=O)cc1. The maximum Gasteiger partial charge on any atom is 0.285 e. The first-order chi connectivity index (χ1) is 8.70. The van der Waals surface area contributed by atoms with E-state index in [0.29, 0.717) is 10.4 Å². The summed E-state index contributed by atoms with van der Waals surface area (Å²) in [5.74, 6) is 1.28. The third-order valence-corrected chi connectivity index (χ3v) is 3.94. The number of aromatic amines is 1. The molecule has 0 aliphatic heterocycles. The van der Waals surface area contributed by atoms with Crippen molar-refractivity contribution in [1.29, 1.82) is 0 Å². The summed E-state index contributed by atoms with van der Waals surface area (Å²) in [5, 5.41) is 3.18. The Morgan fingerprint density at radius 1 is 1.33 bits per heavy atom. The predicted molar refractivity (Wildman–Crippen MR) is 72.6 cm³/mol. The fourth-order valence-corrected chi connectivity index (χ4v) is 2.58. The van der Waals surface area contributed by atoms with Crippen LogP contribution in [-0.2, 0) is 0 Å². The molecule has 1 saturated carbocycles. The number of ether oxygens (including phenoxy) is 1. The molecule has 94 valence electrons. The van der Waals surface area contributed by atoms with Crippen LogP contribution in [0.1, 0.15) is 24.5 Å². The average molecular weight is 309 g/mol. The Balaban J connectivity index is 2.05. The van der Waals surface area contributed by atoms with Crippen molar-refractivity contribution in [2.45, 2.75) is 18.8 Å². The molecule has 1 N–H and O–H groups in total. The van der Waals surface area contributed by atoms with Crippen LogP contribution in [-0.4, -0.2) is 16.9 Å². The summed E-state index contributed by atoms with van der Waals surface area (Å²) < 4.78 is 7.33. The molecular weight excluding hydrogens is 296 g/mol. The summed E-state index contributed by atoms with van der Waals surface area (Å²) in [4.78, 5) is 12.1. The normalized spacial score (nSPS) is 14.8. The van der Waals surface area contributed by atoms with E-state index in [4.69, 9.17) is 4.74 Å². The first-order valence-corrected chi connectivity index (χ1v) is 6.65. The van der Waals surface area contributed by atoms with Crippen molar-refractivity contribution in [3.05, 3.63) is 44.8 Å². The molecule has 3 rings (SSSR count). The Bertz CT molecular complexity index is 623. The molecule has 0 unspecified atom stereocenters. The highest BCUT2D eigenvalue weighted by Gasteiger charge is 2.29. The van der Waals surface area contributed by atoms with Crippen molar-refractivity contribution in [1.82, 2.24) is 9.78 Å². The minimum atomic E-state index is -0.0398. The van der Waals surface area contributed by atoms with Crippen LogP contribution in [0.2, 0.25) is 0 Å². The van der Waals surface area contributed by atoms with Gasteiger partial charge in [-0.25, -0.2) is 4.68 Å². The van der Waals surface area contributed by atoms with Crippen LogP contribution in [0.5, 0.6) is 5.75 Å². The molecule has 0 amide bonds. The molecule has 5 heteroatoms. The first kappa shape index (κ1) is 11.6. The van der Waals surface area contributed by atoms with Gasteiger partial charge in [-0.15, -0.1) is 0 Å². The lowest BCUT2D eigenvalue weighted by molar-refractivity contribution is 0.414.